The number of hydrogen-bond acceptors (Lipinski definition) is 4. The maximum Gasteiger partial charge on any atom is 0.291 e. The number of aryl methyl sites for hydroxylation is 1. The molecular formula is C18H21FN4O2. The van der Waals surface area contributed by atoms with Gasteiger partial charge in [0.25, 0.3) is 5.91 Å². The number of aliphatic hydroxyl groups is 1. The van der Waals surface area contributed by atoms with E-state index in [-0.39, 0.29) is 30.1 Å². The molecule has 0 spiro atoms. The fraction of sp³-hybridized carbons (Fsp3) is 0.389. The van der Waals surface area contributed by atoms with Crippen molar-refractivity contribution in [1.82, 2.24) is 20.1 Å². The maximum absolute atomic E-state index is 14.1. The third-order valence-corrected chi connectivity index (χ3v) is 4.15. The first-order valence-corrected chi connectivity index (χ1v) is 8.43. The van der Waals surface area contributed by atoms with E-state index in [4.69, 9.17) is 5.11 Å². The molecule has 1 heterocycles. The molecule has 2 atom stereocenters. The Morgan fingerprint density at radius 2 is 2.20 bits per heavy atom. The zero-order chi connectivity index (χ0) is 17.8. The fourth-order valence-corrected chi connectivity index (χ4v) is 2.89. The summed E-state index contributed by atoms with van der Waals surface area (Å²) in [5.74, 6) is -0.188. The first-order valence-electron chi connectivity index (χ1n) is 8.43. The van der Waals surface area contributed by atoms with Crippen molar-refractivity contribution < 1.29 is 14.3 Å². The van der Waals surface area contributed by atoms with Gasteiger partial charge in [0.15, 0.2) is 0 Å². The lowest BCUT2D eigenvalue weighted by atomic mass is 10.1. The number of amides is 1. The normalized spacial score (nSPS) is 19.3. The third-order valence-electron chi connectivity index (χ3n) is 4.15. The summed E-state index contributed by atoms with van der Waals surface area (Å²) < 4.78 is 15.5. The van der Waals surface area contributed by atoms with Gasteiger partial charge in [0.1, 0.15) is 17.3 Å². The molecule has 1 aromatic carbocycles. The molecule has 0 bridgehead atoms. The Morgan fingerprint density at radius 3 is 2.88 bits per heavy atom. The fourth-order valence-electron chi connectivity index (χ4n) is 2.89. The number of nitrogens with one attached hydrogen (secondary N) is 1. The summed E-state index contributed by atoms with van der Waals surface area (Å²) in [5, 5.41) is 16.2. The molecule has 0 saturated carbocycles. The van der Waals surface area contributed by atoms with E-state index in [1.54, 1.807) is 18.2 Å². The number of para-hydroxylation sites is 1. The Balaban J connectivity index is 1.83. The van der Waals surface area contributed by atoms with Gasteiger partial charge >= 0.3 is 0 Å². The van der Waals surface area contributed by atoms with Crippen LogP contribution >= 0.6 is 0 Å². The summed E-state index contributed by atoms with van der Waals surface area (Å²) >= 11 is 0. The van der Waals surface area contributed by atoms with Crippen LogP contribution in [-0.4, -0.2) is 38.4 Å². The van der Waals surface area contributed by atoms with Crippen molar-refractivity contribution >= 4 is 5.91 Å². The average Bonchev–Trinajstić information content (AvgIpc) is 3.23. The summed E-state index contributed by atoms with van der Waals surface area (Å²) in [7, 11) is 0. The van der Waals surface area contributed by atoms with Crippen molar-refractivity contribution in [2.75, 3.05) is 6.61 Å². The molecule has 1 aliphatic rings. The molecule has 6 nitrogen and oxygen atoms in total. The molecule has 132 valence electrons. The predicted octanol–water partition coefficient (Wildman–Crippen LogP) is 2.03. The molecule has 0 aliphatic heterocycles. The summed E-state index contributed by atoms with van der Waals surface area (Å²) in [4.78, 5) is 16.7. The van der Waals surface area contributed by atoms with E-state index < -0.39 is 11.7 Å². The van der Waals surface area contributed by atoms with Crippen LogP contribution in [0.3, 0.4) is 0 Å². The summed E-state index contributed by atoms with van der Waals surface area (Å²) in [6.07, 6.45) is 5.79. The van der Waals surface area contributed by atoms with Crippen molar-refractivity contribution in [3.05, 3.63) is 53.9 Å². The maximum atomic E-state index is 14.1. The van der Waals surface area contributed by atoms with E-state index in [1.165, 1.54) is 10.7 Å². The predicted molar refractivity (Wildman–Crippen MR) is 90.9 cm³/mol. The Bertz CT molecular complexity index is 787. The van der Waals surface area contributed by atoms with Crippen LogP contribution in [0.25, 0.3) is 5.69 Å². The molecule has 1 amide bonds. The van der Waals surface area contributed by atoms with Gasteiger partial charge in [0.2, 0.25) is 5.82 Å². The highest BCUT2D eigenvalue weighted by molar-refractivity contribution is 5.90. The summed E-state index contributed by atoms with van der Waals surface area (Å²) in [6.45, 7) is 2.04. The number of carbonyl (C=O) groups excluding carboxylic acids is 1. The first kappa shape index (κ1) is 17.3. The molecule has 3 rings (SSSR count). The van der Waals surface area contributed by atoms with Gasteiger partial charge in [-0.1, -0.05) is 31.2 Å². The number of carbonyl (C=O) groups is 1. The lowest BCUT2D eigenvalue weighted by Gasteiger charge is -2.10. The van der Waals surface area contributed by atoms with Gasteiger partial charge in [-0.2, -0.15) is 0 Å². The quantitative estimate of drug-likeness (QED) is 0.786. The molecule has 7 heteroatoms. The second kappa shape index (κ2) is 7.57. The molecule has 0 unspecified atom stereocenters. The minimum absolute atomic E-state index is 0.0209. The second-order valence-corrected chi connectivity index (χ2v) is 6.11. The monoisotopic (exact) mass is 344 g/mol. The number of rotatable bonds is 6. The van der Waals surface area contributed by atoms with Crippen molar-refractivity contribution in [3.63, 3.8) is 0 Å². The number of benzene rings is 1. The molecule has 25 heavy (non-hydrogen) atoms. The molecule has 0 fully saturated rings. The van der Waals surface area contributed by atoms with Crippen LogP contribution in [-0.2, 0) is 6.42 Å². The van der Waals surface area contributed by atoms with Gasteiger partial charge in [-0.25, -0.2) is 14.1 Å². The Labute approximate surface area is 145 Å². The van der Waals surface area contributed by atoms with Crippen molar-refractivity contribution in [3.8, 4) is 5.69 Å². The van der Waals surface area contributed by atoms with E-state index in [0.29, 0.717) is 18.7 Å². The highest BCUT2D eigenvalue weighted by Gasteiger charge is 2.23. The summed E-state index contributed by atoms with van der Waals surface area (Å²) in [5.41, 5.74) is 0.276. The topological polar surface area (TPSA) is 80.0 Å². The van der Waals surface area contributed by atoms with Crippen LogP contribution in [0.2, 0.25) is 0 Å². The number of aliphatic hydroxyl groups excluding tert-OH is 1. The molecule has 1 aromatic heterocycles. The lowest BCUT2D eigenvalue weighted by Crippen LogP contribution is -2.33. The van der Waals surface area contributed by atoms with Crippen LogP contribution in [0.15, 0.2) is 36.4 Å². The Kier molecular flexibility index (Phi) is 5.23. The van der Waals surface area contributed by atoms with Gasteiger partial charge in [0, 0.05) is 25.0 Å². The zero-order valence-electron chi connectivity index (χ0n) is 14.0. The SMILES string of the molecule is CCCc1nc(C(=O)N[C@@H]2C=C[C@H](CO)C2)nn1-c1ccccc1F. The summed E-state index contributed by atoms with van der Waals surface area (Å²) in [6, 6.07) is 6.13. The van der Waals surface area contributed by atoms with Gasteiger partial charge in [-0.3, -0.25) is 4.79 Å². The van der Waals surface area contributed by atoms with E-state index >= 15 is 0 Å². The molecule has 1 aliphatic carbocycles. The molecule has 2 aromatic rings. The number of aromatic nitrogens is 3. The third kappa shape index (κ3) is 3.76. The first-order chi connectivity index (χ1) is 12.1. The smallest absolute Gasteiger partial charge is 0.291 e. The molecule has 2 N–H and O–H groups in total. The van der Waals surface area contributed by atoms with Gasteiger partial charge < -0.3 is 10.4 Å². The molecular weight excluding hydrogens is 323 g/mol. The van der Waals surface area contributed by atoms with Crippen molar-refractivity contribution in [2.45, 2.75) is 32.2 Å². The van der Waals surface area contributed by atoms with Crippen LogP contribution in [0.4, 0.5) is 4.39 Å². The Hall–Kier alpha value is -2.54. The van der Waals surface area contributed by atoms with Crippen molar-refractivity contribution in [2.24, 2.45) is 5.92 Å². The van der Waals surface area contributed by atoms with Gasteiger partial charge in [-0.05, 0) is 25.0 Å². The van der Waals surface area contributed by atoms with Gasteiger partial charge in [-0.15, -0.1) is 5.10 Å². The second-order valence-electron chi connectivity index (χ2n) is 6.11. The number of nitrogens with zero attached hydrogens (tertiary/aromatic N) is 3. The van der Waals surface area contributed by atoms with Gasteiger partial charge in [0.05, 0.1) is 0 Å². The van der Waals surface area contributed by atoms with Crippen molar-refractivity contribution in [1.29, 1.82) is 0 Å². The Morgan fingerprint density at radius 1 is 1.40 bits per heavy atom. The van der Waals surface area contributed by atoms with Crippen LogP contribution in [0.5, 0.6) is 0 Å². The zero-order valence-corrected chi connectivity index (χ0v) is 14.0. The number of hydrogen-bond donors (Lipinski definition) is 2. The standard InChI is InChI=1S/C18H21FN4O2/c1-2-5-16-21-17(18(25)20-13-9-8-12(10-13)11-24)22-23(16)15-7-4-3-6-14(15)19/h3-4,6-9,12-13,24H,2,5,10-11H2,1H3,(H,20,25)/t12-,13+/m0/s1. The van der Waals surface area contributed by atoms with E-state index in [1.807, 2.05) is 19.1 Å². The minimum atomic E-state index is -0.416. The molecule has 0 saturated heterocycles. The number of halogens is 1. The van der Waals surface area contributed by atoms with Crippen LogP contribution in [0.1, 0.15) is 36.2 Å². The lowest BCUT2D eigenvalue weighted by molar-refractivity contribution is 0.0930. The van der Waals surface area contributed by atoms with Crippen LogP contribution < -0.4 is 5.32 Å². The molecule has 0 radical (unpaired) electrons. The highest BCUT2D eigenvalue weighted by Crippen LogP contribution is 2.18. The van der Waals surface area contributed by atoms with Crippen LogP contribution in [0, 0.1) is 11.7 Å². The van der Waals surface area contributed by atoms with E-state index in [0.717, 1.165) is 6.42 Å². The average molecular weight is 344 g/mol. The largest absolute Gasteiger partial charge is 0.396 e. The van der Waals surface area contributed by atoms with E-state index in [9.17, 15) is 9.18 Å². The van der Waals surface area contributed by atoms with E-state index in [2.05, 4.69) is 15.4 Å². The minimum Gasteiger partial charge on any atom is -0.396 e. The highest BCUT2D eigenvalue weighted by atomic mass is 19.1.